The van der Waals surface area contributed by atoms with Gasteiger partial charge in [-0.25, -0.2) is 9.78 Å². The van der Waals surface area contributed by atoms with E-state index in [-0.39, 0.29) is 0 Å². The number of esters is 1. The number of aryl methyl sites for hydroxylation is 1. The van der Waals surface area contributed by atoms with Crippen molar-refractivity contribution in [3.63, 3.8) is 0 Å². The summed E-state index contributed by atoms with van der Waals surface area (Å²) in [6.45, 7) is 12.0. The van der Waals surface area contributed by atoms with Crippen LogP contribution < -0.4 is 9.47 Å². The molecule has 1 aromatic heterocycles. The van der Waals surface area contributed by atoms with Crippen molar-refractivity contribution in [2.75, 3.05) is 13.2 Å². The fourth-order valence-electron chi connectivity index (χ4n) is 2.96. The smallest absolute Gasteiger partial charge is 0.349 e. The van der Waals surface area contributed by atoms with E-state index in [1.54, 1.807) is 51.3 Å². The van der Waals surface area contributed by atoms with Crippen LogP contribution in [0.5, 0.6) is 11.5 Å². The van der Waals surface area contributed by atoms with Gasteiger partial charge in [0.15, 0.2) is 5.60 Å². The third-order valence-electron chi connectivity index (χ3n) is 4.75. The number of nitrogens with zero attached hydrogens (tertiary/aromatic N) is 1. The molecule has 6 heteroatoms. The van der Waals surface area contributed by atoms with E-state index in [4.69, 9.17) is 18.6 Å². The second kappa shape index (κ2) is 12.7. The van der Waals surface area contributed by atoms with Crippen LogP contribution in [-0.2, 0) is 22.4 Å². The summed E-state index contributed by atoms with van der Waals surface area (Å²) < 4.78 is 22.2. The molecule has 0 unspecified atom stereocenters. The molecule has 2 aromatic carbocycles. The van der Waals surface area contributed by atoms with Gasteiger partial charge in [-0.2, -0.15) is 0 Å². The molecular weight excluding hydrogens is 418 g/mol. The van der Waals surface area contributed by atoms with Gasteiger partial charge in [-0.05, 0) is 69.2 Å². The Kier molecular flexibility index (Phi) is 9.98. The highest BCUT2D eigenvalue weighted by Gasteiger charge is 2.31. The number of rotatable bonds is 10. The summed E-state index contributed by atoms with van der Waals surface area (Å²) >= 11 is 0. The topological polar surface area (TPSA) is 70.8 Å². The summed E-state index contributed by atoms with van der Waals surface area (Å²) in [6.07, 6.45) is 3.30. The standard InChI is InChI=1S/C25H29NO5.C2H6/c1-5-18-7-9-19(10-8-18)23-26-20(17-30-23)15-16-29-21-11-13-22(14-12-21)31-25(3,4)24(27)28-6-2;1-2/h7-14,17H,5-6,15-16H2,1-4H3;1-2H3. The van der Waals surface area contributed by atoms with Crippen molar-refractivity contribution in [2.24, 2.45) is 0 Å². The maximum absolute atomic E-state index is 11.9. The fourth-order valence-corrected chi connectivity index (χ4v) is 2.96. The monoisotopic (exact) mass is 453 g/mol. The molecule has 0 bridgehead atoms. The number of carbonyl (C=O) groups is 1. The Labute approximate surface area is 196 Å². The van der Waals surface area contributed by atoms with Crippen molar-refractivity contribution in [3.05, 3.63) is 66.1 Å². The number of aromatic nitrogens is 1. The second-order valence-corrected chi connectivity index (χ2v) is 7.60. The summed E-state index contributed by atoms with van der Waals surface area (Å²) in [5.41, 5.74) is 2.03. The van der Waals surface area contributed by atoms with E-state index in [2.05, 4.69) is 24.0 Å². The molecule has 0 spiro atoms. The number of carbonyl (C=O) groups excluding carboxylic acids is 1. The molecular formula is C27H35NO5. The Morgan fingerprint density at radius 1 is 0.970 bits per heavy atom. The van der Waals surface area contributed by atoms with Crippen LogP contribution in [0.4, 0.5) is 0 Å². The molecule has 3 aromatic rings. The highest BCUT2D eigenvalue weighted by molar-refractivity contribution is 5.79. The molecule has 0 aliphatic heterocycles. The van der Waals surface area contributed by atoms with Crippen LogP contribution in [0.15, 0.2) is 59.2 Å². The van der Waals surface area contributed by atoms with E-state index in [0.717, 1.165) is 17.7 Å². The van der Waals surface area contributed by atoms with Crippen LogP contribution in [-0.4, -0.2) is 29.8 Å². The van der Waals surface area contributed by atoms with E-state index in [0.29, 0.717) is 37.0 Å². The fraction of sp³-hybridized carbons (Fsp3) is 0.407. The molecule has 0 fully saturated rings. The zero-order chi connectivity index (χ0) is 24.3. The van der Waals surface area contributed by atoms with Gasteiger partial charge in [-0.3, -0.25) is 0 Å². The zero-order valence-electron chi connectivity index (χ0n) is 20.5. The lowest BCUT2D eigenvalue weighted by molar-refractivity contribution is -0.158. The lowest BCUT2D eigenvalue weighted by Gasteiger charge is -2.24. The molecule has 0 aliphatic rings. The van der Waals surface area contributed by atoms with Gasteiger partial charge >= 0.3 is 5.97 Å². The lowest BCUT2D eigenvalue weighted by atomic mass is 10.1. The number of benzene rings is 2. The largest absolute Gasteiger partial charge is 0.493 e. The van der Waals surface area contributed by atoms with Crippen LogP contribution in [0.25, 0.3) is 11.5 Å². The Balaban J connectivity index is 0.00000187. The minimum absolute atomic E-state index is 0.316. The Hall–Kier alpha value is -3.28. The van der Waals surface area contributed by atoms with Gasteiger partial charge in [-0.1, -0.05) is 32.9 Å². The SMILES string of the molecule is CC.CCOC(=O)C(C)(C)Oc1ccc(OCCc2coc(-c3ccc(CC)cc3)n2)cc1. The summed E-state index contributed by atoms with van der Waals surface area (Å²) in [5.74, 6) is 1.49. The van der Waals surface area contributed by atoms with Gasteiger partial charge in [0.05, 0.1) is 18.9 Å². The zero-order valence-corrected chi connectivity index (χ0v) is 20.5. The lowest BCUT2D eigenvalue weighted by Crippen LogP contribution is -2.39. The quantitative estimate of drug-likeness (QED) is 0.337. The maximum atomic E-state index is 11.9. The van der Waals surface area contributed by atoms with Crippen molar-refractivity contribution in [3.8, 4) is 23.0 Å². The summed E-state index contributed by atoms with van der Waals surface area (Å²) in [5, 5.41) is 0. The number of ether oxygens (including phenoxy) is 3. The first kappa shape index (κ1) is 26.0. The normalized spacial score (nSPS) is 10.7. The van der Waals surface area contributed by atoms with Crippen molar-refractivity contribution >= 4 is 5.97 Å². The van der Waals surface area contributed by atoms with E-state index >= 15 is 0 Å². The minimum atomic E-state index is -1.06. The molecule has 0 atom stereocenters. The molecule has 3 rings (SSSR count). The molecule has 0 saturated carbocycles. The van der Waals surface area contributed by atoms with Gasteiger partial charge in [0.25, 0.3) is 0 Å². The molecule has 0 amide bonds. The van der Waals surface area contributed by atoms with Gasteiger partial charge in [0, 0.05) is 12.0 Å². The predicted octanol–water partition coefficient (Wildman–Crippen LogP) is 6.27. The van der Waals surface area contributed by atoms with Crippen LogP contribution in [0.2, 0.25) is 0 Å². The Bertz CT molecular complexity index is 975. The van der Waals surface area contributed by atoms with Crippen LogP contribution in [0.3, 0.4) is 0 Å². The van der Waals surface area contributed by atoms with E-state index in [9.17, 15) is 4.79 Å². The molecule has 6 nitrogen and oxygen atoms in total. The molecule has 178 valence electrons. The van der Waals surface area contributed by atoms with Crippen LogP contribution in [0, 0.1) is 0 Å². The molecule has 0 N–H and O–H groups in total. The van der Waals surface area contributed by atoms with E-state index in [1.165, 1.54) is 5.56 Å². The van der Waals surface area contributed by atoms with Gasteiger partial charge in [-0.15, -0.1) is 0 Å². The third-order valence-corrected chi connectivity index (χ3v) is 4.75. The van der Waals surface area contributed by atoms with Gasteiger partial charge < -0.3 is 18.6 Å². The summed E-state index contributed by atoms with van der Waals surface area (Å²) in [4.78, 5) is 16.5. The predicted molar refractivity (Wildman–Crippen MR) is 130 cm³/mol. The number of hydrogen-bond acceptors (Lipinski definition) is 6. The first-order valence-corrected chi connectivity index (χ1v) is 11.5. The average Bonchev–Trinajstić information content (AvgIpc) is 3.30. The minimum Gasteiger partial charge on any atom is -0.493 e. The average molecular weight is 454 g/mol. The van der Waals surface area contributed by atoms with Gasteiger partial charge in [0.1, 0.15) is 17.8 Å². The number of hydrogen-bond donors (Lipinski definition) is 0. The number of oxazole rings is 1. The van der Waals surface area contributed by atoms with E-state index in [1.807, 2.05) is 26.0 Å². The van der Waals surface area contributed by atoms with Crippen molar-refractivity contribution < 1.29 is 23.4 Å². The van der Waals surface area contributed by atoms with E-state index < -0.39 is 11.6 Å². The van der Waals surface area contributed by atoms with Crippen molar-refractivity contribution in [2.45, 2.75) is 60.0 Å². The molecule has 0 radical (unpaired) electrons. The Morgan fingerprint density at radius 2 is 1.61 bits per heavy atom. The first-order valence-electron chi connectivity index (χ1n) is 11.5. The summed E-state index contributed by atoms with van der Waals surface area (Å²) in [7, 11) is 0. The maximum Gasteiger partial charge on any atom is 0.349 e. The van der Waals surface area contributed by atoms with Crippen molar-refractivity contribution in [1.82, 2.24) is 4.98 Å². The first-order chi connectivity index (χ1) is 15.9. The second-order valence-electron chi connectivity index (χ2n) is 7.60. The third kappa shape index (κ3) is 7.67. The summed E-state index contributed by atoms with van der Waals surface area (Å²) in [6, 6.07) is 15.4. The van der Waals surface area contributed by atoms with Crippen LogP contribution >= 0.6 is 0 Å². The molecule has 0 saturated heterocycles. The highest BCUT2D eigenvalue weighted by atomic mass is 16.6. The molecule has 33 heavy (non-hydrogen) atoms. The van der Waals surface area contributed by atoms with Crippen LogP contribution in [0.1, 0.15) is 52.8 Å². The Morgan fingerprint density at radius 3 is 2.21 bits per heavy atom. The highest BCUT2D eigenvalue weighted by Crippen LogP contribution is 2.23. The van der Waals surface area contributed by atoms with Gasteiger partial charge in [0.2, 0.25) is 5.89 Å². The molecule has 1 heterocycles. The van der Waals surface area contributed by atoms with Crippen molar-refractivity contribution in [1.29, 1.82) is 0 Å². The molecule has 0 aliphatic carbocycles.